The molecule has 3 N–H and O–H groups in total. The summed E-state index contributed by atoms with van der Waals surface area (Å²) in [5.74, 6) is 0.690. The van der Waals surface area contributed by atoms with E-state index in [2.05, 4.69) is 15.8 Å². The second-order valence-corrected chi connectivity index (χ2v) is 6.98. The van der Waals surface area contributed by atoms with Gasteiger partial charge in [-0.3, -0.25) is 0 Å². The molecule has 0 radical (unpaired) electrons. The van der Waals surface area contributed by atoms with Crippen molar-refractivity contribution in [1.82, 2.24) is 5.43 Å². The summed E-state index contributed by atoms with van der Waals surface area (Å²) >= 11 is 17.7. The molecule has 0 aliphatic carbocycles. The maximum atomic E-state index is 6.20. The molecule has 3 aromatic rings. The molecule has 0 saturated heterocycles. The van der Waals surface area contributed by atoms with Gasteiger partial charge >= 0.3 is 0 Å². The first-order valence-electron chi connectivity index (χ1n) is 8.49. The fourth-order valence-electron chi connectivity index (χ4n) is 2.41. The zero-order valence-corrected chi connectivity index (χ0v) is 17.1. The maximum absolute atomic E-state index is 6.20. The van der Waals surface area contributed by atoms with Crippen molar-refractivity contribution in [3.8, 4) is 5.75 Å². The Balaban J connectivity index is 1.62. The van der Waals surface area contributed by atoms with Crippen LogP contribution in [0.3, 0.4) is 0 Å². The minimum Gasteiger partial charge on any atom is -0.488 e. The van der Waals surface area contributed by atoms with Gasteiger partial charge in [0, 0.05) is 21.3 Å². The fourth-order valence-corrected chi connectivity index (χ4v) is 3.10. The smallest absolute Gasteiger partial charge is 0.228 e. The number of nitrogens with one attached hydrogen (secondary N) is 3. The van der Waals surface area contributed by atoms with Crippen molar-refractivity contribution in [3.63, 3.8) is 0 Å². The molecule has 0 atom stereocenters. The van der Waals surface area contributed by atoms with Crippen LogP contribution in [0.2, 0.25) is 10.0 Å². The SMILES string of the molecule is S=C(N[NH+]=Cc1ccccc1OCc1c(Cl)cccc1Cl)Nc1ccccc1. The minimum atomic E-state index is 0.269. The Labute approximate surface area is 179 Å². The van der Waals surface area contributed by atoms with Crippen LogP contribution in [0.25, 0.3) is 0 Å². The first-order valence-corrected chi connectivity index (χ1v) is 9.65. The molecule has 0 aromatic heterocycles. The number of para-hydroxylation sites is 2. The molecule has 0 fully saturated rings. The molecule has 0 heterocycles. The molecular formula is C21H18Cl2N3OS+. The van der Waals surface area contributed by atoms with Gasteiger partial charge in [-0.2, -0.15) is 0 Å². The maximum Gasteiger partial charge on any atom is 0.228 e. The normalized spacial score (nSPS) is 10.6. The summed E-state index contributed by atoms with van der Waals surface area (Å²) in [5.41, 5.74) is 5.42. The zero-order valence-electron chi connectivity index (χ0n) is 14.8. The molecule has 0 spiro atoms. The minimum absolute atomic E-state index is 0.269. The first-order chi connectivity index (χ1) is 13.6. The fraction of sp³-hybridized carbons (Fsp3) is 0.0476. The zero-order chi connectivity index (χ0) is 19.8. The van der Waals surface area contributed by atoms with Crippen LogP contribution < -0.4 is 20.6 Å². The Morgan fingerprint density at radius 3 is 2.36 bits per heavy atom. The number of benzene rings is 3. The number of rotatable bonds is 6. The number of halogens is 2. The largest absolute Gasteiger partial charge is 0.488 e. The Morgan fingerprint density at radius 2 is 1.61 bits per heavy atom. The number of thiocarbonyl (C=S) groups is 1. The third-order valence-corrected chi connectivity index (χ3v) is 4.71. The van der Waals surface area contributed by atoms with Crippen LogP contribution >= 0.6 is 35.4 Å². The highest BCUT2D eigenvalue weighted by Crippen LogP contribution is 2.26. The summed E-state index contributed by atoms with van der Waals surface area (Å²) in [5, 5.41) is 7.65. The second kappa shape index (κ2) is 10.1. The number of hydrogen-bond acceptors (Lipinski definition) is 2. The van der Waals surface area contributed by atoms with Crippen molar-refractivity contribution in [2.75, 3.05) is 5.32 Å². The molecule has 0 unspecified atom stereocenters. The molecule has 3 rings (SSSR count). The number of anilines is 1. The van der Waals surface area contributed by atoms with Gasteiger partial charge in [0.15, 0.2) is 0 Å². The van der Waals surface area contributed by atoms with Gasteiger partial charge in [-0.25, -0.2) is 0 Å². The molecule has 4 nitrogen and oxygen atoms in total. The molecule has 7 heteroatoms. The number of hydrazine groups is 1. The molecular weight excluding hydrogens is 413 g/mol. The summed E-state index contributed by atoms with van der Waals surface area (Å²) < 4.78 is 5.92. The van der Waals surface area contributed by atoms with E-state index in [1.54, 1.807) is 24.4 Å². The molecule has 3 aromatic carbocycles. The van der Waals surface area contributed by atoms with E-state index < -0.39 is 0 Å². The Hall–Kier alpha value is -2.60. The quantitative estimate of drug-likeness (QED) is 0.314. The van der Waals surface area contributed by atoms with Gasteiger partial charge < -0.3 is 10.1 Å². The lowest BCUT2D eigenvalue weighted by Gasteiger charge is -2.10. The van der Waals surface area contributed by atoms with E-state index >= 15 is 0 Å². The van der Waals surface area contributed by atoms with Crippen molar-refractivity contribution in [1.29, 1.82) is 0 Å². The summed E-state index contributed by atoms with van der Waals surface area (Å²) in [6.45, 7) is 0.269. The molecule has 0 aliphatic rings. The lowest BCUT2D eigenvalue weighted by Crippen LogP contribution is -2.82. The molecule has 28 heavy (non-hydrogen) atoms. The van der Waals surface area contributed by atoms with Crippen LogP contribution in [-0.2, 0) is 6.61 Å². The highest BCUT2D eigenvalue weighted by atomic mass is 35.5. The number of hydrazone groups is 1. The van der Waals surface area contributed by atoms with Crippen molar-refractivity contribution >= 4 is 52.4 Å². The lowest BCUT2D eigenvalue weighted by molar-refractivity contribution is -0.499. The molecule has 142 valence electrons. The van der Waals surface area contributed by atoms with E-state index in [-0.39, 0.29) is 6.61 Å². The van der Waals surface area contributed by atoms with Gasteiger partial charge in [0.2, 0.25) is 11.3 Å². The standard InChI is InChI=1S/C21H17Cl2N3OS/c22-18-10-6-11-19(23)17(18)14-27-20-12-5-4-7-15(20)13-24-26-21(28)25-16-8-2-1-3-9-16/h1-13H,14H2,(H2,25,26,28)/p+1. The topological polar surface area (TPSA) is 47.3 Å². The van der Waals surface area contributed by atoms with E-state index in [1.165, 1.54) is 0 Å². The molecule has 0 bridgehead atoms. The monoisotopic (exact) mass is 430 g/mol. The van der Waals surface area contributed by atoms with Crippen LogP contribution in [0.4, 0.5) is 5.69 Å². The van der Waals surface area contributed by atoms with E-state index in [0.717, 1.165) is 16.8 Å². The Bertz CT molecular complexity index is 960. The number of hydrogen-bond donors (Lipinski definition) is 3. The third-order valence-electron chi connectivity index (χ3n) is 3.80. The van der Waals surface area contributed by atoms with Gasteiger partial charge in [0.05, 0.1) is 5.56 Å². The van der Waals surface area contributed by atoms with Gasteiger partial charge in [-0.05, 0) is 48.6 Å². The summed E-state index contributed by atoms with van der Waals surface area (Å²) in [6, 6.07) is 22.7. The van der Waals surface area contributed by atoms with E-state index in [1.807, 2.05) is 54.6 Å². The molecule has 0 aliphatic heterocycles. The Morgan fingerprint density at radius 1 is 0.929 bits per heavy atom. The highest BCUT2D eigenvalue weighted by molar-refractivity contribution is 7.80. The predicted molar refractivity (Wildman–Crippen MR) is 119 cm³/mol. The summed E-state index contributed by atoms with van der Waals surface area (Å²) in [7, 11) is 0. The Kier molecular flexibility index (Phi) is 7.25. The van der Waals surface area contributed by atoms with Crippen LogP contribution in [0, 0.1) is 0 Å². The van der Waals surface area contributed by atoms with Crippen LogP contribution in [0.5, 0.6) is 5.75 Å². The van der Waals surface area contributed by atoms with Crippen molar-refractivity contribution < 1.29 is 9.84 Å². The van der Waals surface area contributed by atoms with Gasteiger partial charge in [-0.1, -0.05) is 59.6 Å². The van der Waals surface area contributed by atoms with Crippen molar-refractivity contribution in [2.24, 2.45) is 0 Å². The van der Waals surface area contributed by atoms with Crippen molar-refractivity contribution in [2.45, 2.75) is 6.61 Å². The lowest BCUT2D eigenvalue weighted by atomic mass is 10.2. The summed E-state index contributed by atoms with van der Waals surface area (Å²) in [4.78, 5) is 0. The van der Waals surface area contributed by atoms with E-state index in [9.17, 15) is 0 Å². The van der Waals surface area contributed by atoms with Crippen LogP contribution in [-0.4, -0.2) is 11.3 Å². The average molecular weight is 431 g/mol. The van der Waals surface area contributed by atoms with E-state index in [4.69, 9.17) is 40.2 Å². The average Bonchev–Trinajstić information content (AvgIpc) is 2.69. The van der Waals surface area contributed by atoms with E-state index in [0.29, 0.717) is 20.9 Å². The first kappa shape index (κ1) is 20.1. The van der Waals surface area contributed by atoms with Gasteiger partial charge in [-0.15, -0.1) is 10.5 Å². The third kappa shape index (κ3) is 5.70. The van der Waals surface area contributed by atoms with Crippen molar-refractivity contribution in [3.05, 3.63) is 94.0 Å². The number of ether oxygens (including phenoxy) is 1. The second-order valence-electron chi connectivity index (χ2n) is 5.76. The van der Waals surface area contributed by atoms with Gasteiger partial charge in [0.25, 0.3) is 0 Å². The highest BCUT2D eigenvalue weighted by Gasteiger charge is 2.09. The molecule has 0 amide bonds. The van der Waals surface area contributed by atoms with Crippen LogP contribution in [0.1, 0.15) is 11.1 Å². The van der Waals surface area contributed by atoms with Gasteiger partial charge in [0.1, 0.15) is 12.4 Å². The summed E-state index contributed by atoms with van der Waals surface area (Å²) in [6.07, 6.45) is 1.77. The predicted octanol–water partition coefficient (Wildman–Crippen LogP) is 3.97. The molecule has 0 saturated carbocycles. The van der Waals surface area contributed by atoms with Crippen LogP contribution in [0.15, 0.2) is 72.8 Å².